The topological polar surface area (TPSA) is 92.6 Å². The van der Waals surface area contributed by atoms with Gasteiger partial charge in [0.05, 0.1) is 18.6 Å². The van der Waals surface area contributed by atoms with Crippen LogP contribution in [-0.2, 0) is 16.6 Å². The van der Waals surface area contributed by atoms with E-state index in [2.05, 4.69) is 15.4 Å². The van der Waals surface area contributed by atoms with Crippen LogP contribution in [0.25, 0.3) is 11.3 Å². The van der Waals surface area contributed by atoms with E-state index in [1.807, 2.05) is 18.7 Å². The quantitative estimate of drug-likeness (QED) is 0.326. The van der Waals surface area contributed by atoms with E-state index >= 15 is 0 Å². The van der Waals surface area contributed by atoms with E-state index in [4.69, 9.17) is 4.74 Å². The summed E-state index contributed by atoms with van der Waals surface area (Å²) >= 11 is 0. The lowest BCUT2D eigenvalue weighted by Gasteiger charge is -2.37. The molecule has 1 aliphatic heterocycles. The molecular formula is C29H26F2N6O3. The molecule has 0 radical (unpaired) electrons. The molecule has 2 aromatic heterocycles. The zero-order valence-electron chi connectivity index (χ0n) is 22.0. The van der Waals surface area contributed by atoms with E-state index in [1.54, 1.807) is 42.5 Å². The molecule has 2 aromatic carbocycles. The fraction of sp³-hybridized carbons (Fsp3) is 0.172. The van der Waals surface area contributed by atoms with Gasteiger partial charge in [-0.25, -0.2) is 8.78 Å². The van der Waals surface area contributed by atoms with Crippen LogP contribution < -0.4 is 15.0 Å². The number of carbonyl (C=O) groups excluding carboxylic acids is 2. The van der Waals surface area contributed by atoms with Gasteiger partial charge >= 0.3 is 0 Å². The number of hydrogen-bond donors (Lipinski definition) is 1. The Bertz CT molecular complexity index is 1600. The monoisotopic (exact) mass is 544 g/mol. The molecule has 0 bridgehead atoms. The minimum atomic E-state index is -0.710. The predicted molar refractivity (Wildman–Crippen MR) is 145 cm³/mol. The molecule has 40 heavy (non-hydrogen) atoms. The summed E-state index contributed by atoms with van der Waals surface area (Å²) in [6, 6.07) is 12.7. The number of carbonyl (C=O) groups is 2. The van der Waals surface area contributed by atoms with Crippen molar-refractivity contribution in [1.82, 2.24) is 19.7 Å². The summed E-state index contributed by atoms with van der Waals surface area (Å²) in [7, 11) is 1.79. The normalized spacial score (nSPS) is 13.4. The second kappa shape index (κ2) is 11.0. The molecular weight excluding hydrogens is 518 g/mol. The average molecular weight is 545 g/mol. The number of benzene rings is 2. The molecule has 204 valence electrons. The molecule has 0 unspecified atom stereocenters. The van der Waals surface area contributed by atoms with Gasteiger partial charge in [-0.3, -0.25) is 24.2 Å². The van der Waals surface area contributed by atoms with Crippen LogP contribution in [0.1, 0.15) is 13.8 Å². The Labute approximate surface area is 229 Å². The van der Waals surface area contributed by atoms with E-state index in [0.717, 1.165) is 11.6 Å². The highest BCUT2D eigenvalue weighted by Crippen LogP contribution is 2.30. The van der Waals surface area contributed by atoms with Gasteiger partial charge in [-0.15, -0.1) is 0 Å². The minimum absolute atomic E-state index is 0.0282. The fourth-order valence-corrected chi connectivity index (χ4v) is 4.10. The maximum Gasteiger partial charge on any atom is 0.266 e. The van der Waals surface area contributed by atoms with Gasteiger partial charge in [0, 0.05) is 60.8 Å². The second-order valence-corrected chi connectivity index (χ2v) is 9.48. The Balaban J connectivity index is 1.32. The van der Waals surface area contributed by atoms with Crippen LogP contribution in [-0.4, -0.2) is 44.2 Å². The molecule has 11 heteroatoms. The fourth-order valence-electron chi connectivity index (χ4n) is 4.10. The number of hydrogen-bond acceptors (Lipinski definition) is 6. The molecule has 0 aliphatic carbocycles. The lowest BCUT2D eigenvalue weighted by Crippen LogP contribution is -2.49. The van der Waals surface area contributed by atoms with Crippen LogP contribution in [0.4, 0.5) is 20.2 Å². The maximum atomic E-state index is 15.0. The van der Waals surface area contributed by atoms with Crippen molar-refractivity contribution in [2.75, 3.05) is 16.9 Å². The largest absolute Gasteiger partial charge is 0.454 e. The molecule has 2 amide bonds. The summed E-state index contributed by atoms with van der Waals surface area (Å²) in [5, 5.41) is 6.72. The van der Waals surface area contributed by atoms with Crippen molar-refractivity contribution in [2.45, 2.75) is 19.9 Å². The zero-order chi connectivity index (χ0) is 28.4. The lowest BCUT2D eigenvalue weighted by molar-refractivity contribution is -0.120. The number of aryl methyl sites for hydroxylation is 1. The van der Waals surface area contributed by atoms with Crippen LogP contribution >= 0.6 is 0 Å². The van der Waals surface area contributed by atoms with E-state index in [1.165, 1.54) is 47.5 Å². The first kappa shape index (κ1) is 26.5. The molecule has 9 nitrogen and oxygen atoms in total. The molecule has 0 spiro atoms. The van der Waals surface area contributed by atoms with Gasteiger partial charge in [0.2, 0.25) is 0 Å². The van der Waals surface area contributed by atoms with E-state index < -0.39 is 23.4 Å². The van der Waals surface area contributed by atoms with Gasteiger partial charge in [0.1, 0.15) is 17.1 Å². The Morgan fingerprint density at radius 2 is 1.85 bits per heavy atom. The number of nitrogens with one attached hydrogen (secondary N) is 1. The molecule has 4 aromatic rings. The number of aromatic nitrogens is 3. The van der Waals surface area contributed by atoms with Crippen molar-refractivity contribution >= 4 is 23.2 Å². The molecule has 1 N–H and O–H groups in total. The van der Waals surface area contributed by atoms with Gasteiger partial charge in [-0.05, 0) is 56.3 Å². The number of halogens is 2. The summed E-state index contributed by atoms with van der Waals surface area (Å²) < 4.78 is 35.8. The first-order valence-corrected chi connectivity index (χ1v) is 12.5. The van der Waals surface area contributed by atoms with Crippen molar-refractivity contribution < 1.29 is 23.1 Å². The Kier molecular flexibility index (Phi) is 7.28. The van der Waals surface area contributed by atoms with Crippen molar-refractivity contribution in [2.24, 2.45) is 7.05 Å². The summed E-state index contributed by atoms with van der Waals surface area (Å²) in [6.45, 7) is 4.03. The average Bonchev–Trinajstić information content (AvgIpc) is 3.37. The van der Waals surface area contributed by atoms with Crippen molar-refractivity contribution in [1.29, 1.82) is 0 Å². The van der Waals surface area contributed by atoms with Crippen LogP contribution in [0.3, 0.4) is 0 Å². The van der Waals surface area contributed by atoms with Gasteiger partial charge in [-0.2, -0.15) is 5.10 Å². The van der Waals surface area contributed by atoms with Crippen LogP contribution in [0.15, 0.2) is 85.0 Å². The van der Waals surface area contributed by atoms with Crippen LogP contribution in [0, 0.1) is 11.6 Å². The number of nitrogens with zero attached hydrogens (tertiary/aromatic N) is 5. The predicted octanol–water partition coefficient (Wildman–Crippen LogP) is 5.09. The molecule has 3 heterocycles. The molecule has 0 saturated heterocycles. The molecule has 0 fully saturated rings. The van der Waals surface area contributed by atoms with E-state index in [0.29, 0.717) is 17.1 Å². The first-order valence-electron chi connectivity index (χ1n) is 12.5. The summed E-state index contributed by atoms with van der Waals surface area (Å²) in [5.41, 5.74) is 1.86. The summed E-state index contributed by atoms with van der Waals surface area (Å²) in [6.07, 6.45) is 6.50. The SMILES string of the molecule is CC(C)N1C=C(C(=O)Nc2ccc(Oc3ccnc(-c4cnn(C)c4)c3)c(F)c2)C(=O)N(c2ccc(F)cc2)C1. The Morgan fingerprint density at radius 1 is 1.07 bits per heavy atom. The zero-order valence-corrected chi connectivity index (χ0v) is 22.0. The third-order valence-corrected chi connectivity index (χ3v) is 6.27. The molecule has 1 aliphatic rings. The van der Waals surface area contributed by atoms with Crippen molar-refractivity contribution in [3.05, 3.63) is 96.6 Å². The summed E-state index contributed by atoms with van der Waals surface area (Å²) in [4.78, 5) is 33.9. The van der Waals surface area contributed by atoms with Crippen molar-refractivity contribution in [3.63, 3.8) is 0 Å². The number of ether oxygens (including phenoxy) is 1. The second-order valence-electron chi connectivity index (χ2n) is 9.48. The highest BCUT2D eigenvalue weighted by atomic mass is 19.1. The van der Waals surface area contributed by atoms with Crippen LogP contribution in [0.5, 0.6) is 11.5 Å². The molecule has 5 rings (SSSR count). The van der Waals surface area contributed by atoms with Gasteiger partial charge < -0.3 is 15.0 Å². The first-order chi connectivity index (χ1) is 19.2. The number of amides is 2. The van der Waals surface area contributed by atoms with E-state index in [9.17, 15) is 18.4 Å². The molecule has 0 saturated carbocycles. The number of anilines is 2. The maximum absolute atomic E-state index is 15.0. The third kappa shape index (κ3) is 5.68. The highest BCUT2D eigenvalue weighted by molar-refractivity contribution is 6.27. The Hall–Kier alpha value is -5.06. The lowest BCUT2D eigenvalue weighted by atomic mass is 10.1. The standard InChI is InChI=1S/C29H26F2N6O3/c1-18(2)36-16-24(29(39)37(17-36)22-7-4-20(30)5-8-22)28(38)34-21-6-9-27(25(31)12-21)40-23-10-11-32-26(13-23)19-14-33-35(3)15-19/h4-16,18H,17H2,1-3H3,(H,34,38). The number of rotatable bonds is 7. The minimum Gasteiger partial charge on any atom is -0.454 e. The van der Waals surface area contributed by atoms with E-state index in [-0.39, 0.29) is 29.7 Å². The third-order valence-electron chi connectivity index (χ3n) is 6.27. The smallest absolute Gasteiger partial charge is 0.266 e. The Morgan fingerprint density at radius 3 is 2.52 bits per heavy atom. The molecule has 0 atom stereocenters. The number of pyridine rings is 1. The van der Waals surface area contributed by atoms with Gasteiger partial charge in [-0.1, -0.05) is 0 Å². The van der Waals surface area contributed by atoms with Gasteiger partial charge in [0.15, 0.2) is 11.6 Å². The summed E-state index contributed by atoms with van der Waals surface area (Å²) in [5.74, 6) is -2.08. The van der Waals surface area contributed by atoms with Crippen LogP contribution in [0.2, 0.25) is 0 Å². The van der Waals surface area contributed by atoms with Crippen molar-refractivity contribution in [3.8, 4) is 22.8 Å². The van der Waals surface area contributed by atoms with Gasteiger partial charge in [0.25, 0.3) is 11.8 Å². The highest BCUT2D eigenvalue weighted by Gasteiger charge is 2.32.